The maximum Gasteiger partial charge on any atom is 0.119 e. The fraction of sp³-hybridized carbons (Fsp3) is 1.00. The van der Waals surface area contributed by atoms with E-state index in [4.69, 9.17) is 0 Å². The van der Waals surface area contributed by atoms with E-state index in [0.717, 1.165) is 32.1 Å². The van der Waals surface area contributed by atoms with Crippen LogP contribution in [0.25, 0.3) is 0 Å². The summed E-state index contributed by atoms with van der Waals surface area (Å²) in [7, 11) is 0. The molecule has 2 heteroatoms. The van der Waals surface area contributed by atoms with E-state index in [2.05, 4.69) is 20.8 Å². The van der Waals surface area contributed by atoms with Gasteiger partial charge in [-0.15, -0.1) is 0 Å². The Morgan fingerprint density at radius 3 is 1.80 bits per heavy atom. The van der Waals surface area contributed by atoms with E-state index in [1.165, 1.54) is 13.8 Å². The van der Waals surface area contributed by atoms with Gasteiger partial charge in [0, 0.05) is 5.41 Å². The summed E-state index contributed by atoms with van der Waals surface area (Å²) in [5.74, 6) is 0.424. The molecule has 0 aliphatic rings. The van der Waals surface area contributed by atoms with Gasteiger partial charge in [0.2, 0.25) is 0 Å². The molecule has 0 aromatic heterocycles. The van der Waals surface area contributed by atoms with Gasteiger partial charge in [0.25, 0.3) is 0 Å². The third-order valence-corrected chi connectivity index (χ3v) is 5.76. The molecular weight excluding hydrogens is 254 g/mol. The summed E-state index contributed by atoms with van der Waals surface area (Å²) >= 11 is 0. The van der Waals surface area contributed by atoms with Gasteiger partial charge in [0.15, 0.2) is 0 Å². The van der Waals surface area contributed by atoms with Crippen LogP contribution >= 0.6 is 0 Å². The predicted octanol–water partition coefficient (Wildman–Crippen LogP) is 6.73. The number of hydrogen-bond donors (Lipinski definition) is 0. The zero-order valence-electron chi connectivity index (χ0n) is 14.9. The van der Waals surface area contributed by atoms with Gasteiger partial charge in [0.05, 0.1) is 0 Å². The van der Waals surface area contributed by atoms with Crippen molar-refractivity contribution >= 4 is 0 Å². The summed E-state index contributed by atoms with van der Waals surface area (Å²) in [6, 6.07) is 0. The van der Waals surface area contributed by atoms with Crippen LogP contribution in [-0.2, 0) is 0 Å². The first-order chi connectivity index (χ1) is 8.91. The van der Waals surface area contributed by atoms with E-state index in [9.17, 15) is 4.39 Å². The maximum absolute atomic E-state index is 15.6. The first kappa shape index (κ1) is 19.9. The van der Waals surface area contributed by atoms with Gasteiger partial charge in [-0.05, 0) is 45.4 Å². The third-order valence-electron chi connectivity index (χ3n) is 5.76. The number of alkyl halides is 2. The highest BCUT2D eigenvalue weighted by atomic mass is 19.2. The summed E-state index contributed by atoms with van der Waals surface area (Å²) < 4.78 is 30.1. The van der Waals surface area contributed by atoms with Gasteiger partial charge in [-0.1, -0.05) is 53.9 Å². The molecule has 0 saturated heterocycles. The molecule has 0 aliphatic heterocycles. The Labute approximate surface area is 125 Å². The molecule has 0 bridgehead atoms. The van der Waals surface area contributed by atoms with Crippen LogP contribution in [0.4, 0.5) is 8.78 Å². The zero-order valence-corrected chi connectivity index (χ0v) is 14.9. The van der Waals surface area contributed by atoms with E-state index >= 15 is 4.39 Å². The molecule has 3 unspecified atom stereocenters. The molecule has 20 heavy (non-hydrogen) atoms. The molecule has 0 radical (unpaired) electrons. The minimum absolute atomic E-state index is 0.0672. The molecule has 0 saturated carbocycles. The fourth-order valence-electron chi connectivity index (χ4n) is 2.80. The Kier molecular flexibility index (Phi) is 7.17. The monoisotopic (exact) mass is 290 g/mol. The van der Waals surface area contributed by atoms with Crippen LogP contribution in [-0.4, -0.2) is 11.3 Å². The van der Waals surface area contributed by atoms with Gasteiger partial charge in [-0.3, -0.25) is 0 Å². The molecule has 0 nitrogen and oxygen atoms in total. The molecular formula is C18H36F2. The second kappa shape index (κ2) is 7.22. The lowest BCUT2D eigenvalue weighted by molar-refractivity contribution is -0.111. The standard InChI is InChI=1S/C18H36F2/c1-9-11-12-15(13-14(3)10-2)18(8,20)16(4,5)17(6,7)19/h14-15H,9-13H2,1-8H3. The van der Waals surface area contributed by atoms with E-state index in [1.54, 1.807) is 20.8 Å². The third kappa shape index (κ3) is 4.43. The summed E-state index contributed by atoms with van der Waals surface area (Å²) in [5.41, 5.74) is -4.02. The highest BCUT2D eigenvalue weighted by Gasteiger charge is 2.55. The average Bonchev–Trinajstić information content (AvgIpc) is 2.32. The van der Waals surface area contributed by atoms with Crippen molar-refractivity contribution in [2.45, 2.75) is 98.8 Å². The number of hydrogen-bond acceptors (Lipinski definition) is 0. The van der Waals surface area contributed by atoms with Gasteiger partial charge >= 0.3 is 0 Å². The van der Waals surface area contributed by atoms with Gasteiger partial charge in [-0.25, -0.2) is 8.78 Å². The van der Waals surface area contributed by atoms with Gasteiger partial charge < -0.3 is 0 Å². The van der Waals surface area contributed by atoms with Crippen molar-refractivity contribution in [3.05, 3.63) is 0 Å². The van der Waals surface area contributed by atoms with Crippen molar-refractivity contribution in [2.24, 2.45) is 17.3 Å². The van der Waals surface area contributed by atoms with Crippen molar-refractivity contribution in [1.29, 1.82) is 0 Å². The molecule has 0 spiro atoms. The summed E-state index contributed by atoms with van der Waals surface area (Å²) in [6.45, 7) is 14.5. The molecule has 0 amide bonds. The molecule has 0 aromatic rings. The van der Waals surface area contributed by atoms with Crippen LogP contribution in [0.3, 0.4) is 0 Å². The molecule has 0 N–H and O–H groups in total. The topological polar surface area (TPSA) is 0 Å². The smallest absolute Gasteiger partial charge is 0.119 e. The summed E-state index contributed by atoms with van der Waals surface area (Å²) in [6.07, 6.45) is 4.84. The highest BCUT2D eigenvalue weighted by molar-refractivity contribution is 5.03. The molecule has 0 aliphatic carbocycles. The lowest BCUT2D eigenvalue weighted by Crippen LogP contribution is -2.54. The van der Waals surface area contributed by atoms with Crippen LogP contribution in [0.15, 0.2) is 0 Å². The molecule has 3 atom stereocenters. The van der Waals surface area contributed by atoms with E-state index < -0.39 is 16.8 Å². The normalized spacial score (nSPS) is 19.5. The maximum atomic E-state index is 15.6. The van der Waals surface area contributed by atoms with Gasteiger partial charge in [0.1, 0.15) is 11.3 Å². The average molecular weight is 290 g/mol. The SMILES string of the molecule is CCCCC(CC(C)CC)C(C)(F)C(C)(C)C(C)(C)F. The Balaban J connectivity index is 5.29. The minimum Gasteiger partial charge on any atom is -0.244 e. The van der Waals surface area contributed by atoms with Crippen molar-refractivity contribution in [3.8, 4) is 0 Å². The van der Waals surface area contributed by atoms with Crippen LogP contribution in [0, 0.1) is 17.3 Å². The Hall–Kier alpha value is -0.140. The number of halogens is 2. The first-order valence-electron chi connectivity index (χ1n) is 8.29. The Morgan fingerprint density at radius 2 is 1.45 bits per heavy atom. The molecule has 0 fully saturated rings. The minimum atomic E-state index is -1.53. The first-order valence-corrected chi connectivity index (χ1v) is 8.29. The zero-order chi connectivity index (χ0) is 16.2. The van der Waals surface area contributed by atoms with Crippen molar-refractivity contribution in [2.75, 3.05) is 0 Å². The quantitative estimate of drug-likeness (QED) is 0.441. The second-order valence-corrected chi connectivity index (χ2v) is 7.76. The predicted molar refractivity (Wildman–Crippen MR) is 85.6 cm³/mol. The van der Waals surface area contributed by atoms with E-state index in [1.807, 2.05) is 0 Å². The summed E-state index contributed by atoms with van der Waals surface area (Å²) in [5, 5.41) is 0. The largest absolute Gasteiger partial charge is 0.244 e. The number of rotatable bonds is 9. The van der Waals surface area contributed by atoms with Gasteiger partial charge in [-0.2, -0.15) is 0 Å². The van der Waals surface area contributed by atoms with Crippen molar-refractivity contribution in [3.63, 3.8) is 0 Å². The summed E-state index contributed by atoms with van der Waals surface area (Å²) in [4.78, 5) is 0. The van der Waals surface area contributed by atoms with Crippen molar-refractivity contribution < 1.29 is 8.78 Å². The molecule has 0 rings (SSSR count). The van der Waals surface area contributed by atoms with E-state index in [-0.39, 0.29) is 5.92 Å². The highest BCUT2D eigenvalue weighted by Crippen LogP contribution is 2.51. The molecule has 0 heterocycles. The van der Waals surface area contributed by atoms with Crippen LogP contribution in [0.2, 0.25) is 0 Å². The van der Waals surface area contributed by atoms with Crippen LogP contribution in [0.1, 0.15) is 87.5 Å². The Bertz CT molecular complexity index is 274. The lowest BCUT2D eigenvalue weighted by atomic mass is 9.61. The van der Waals surface area contributed by atoms with Crippen LogP contribution in [0.5, 0.6) is 0 Å². The molecule has 0 aromatic carbocycles. The Morgan fingerprint density at radius 1 is 0.950 bits per heavy atom. The van der Waals surface area contributed by atoms with Crippen LogP contribution < -0.4 is 0 Å². The molecule has 122 valence electrons. The lowest BCUT2D eigenvalue weighted by Gasteiger charge is -2.49. The second-order valence-electron chi connectivity index (χ2n) is 7.76. The van der Waals surface area contributed by atoms with E-state index in [0.29, 0.717) is 5.92 Å². The van der Waals surface area contributed by atoms with Crippen molar-refractivity contribution in [1.82, 2.24) is 0 Å². The fourth-order valence-corrected chi connectivity index (χ4v) is 2.80. The number of unbranched alkanes of at least 4 members (excludes halogenated alkanes) is 1.